The second-order valence-electron chi connectivity index (χ2n) is 5.39. The minimum absolute atomic E-state index is 0.710. The van der Waals surface area contributed by atoms with Gasteiger partial charge < -0.3 is 0 Å². The fraction of sp³-hybridized carbons (Fsp3) is 0.0500. The van der Waals surface area contributed by atoms with E-state index in [2.05, 4.69) is 41.1 Å². The molecule has 4 rings (SSSR count). The highest BCUT2D eigenvalue weighted by Gasteiger charge is 2.42. The van der Waals surface area contributed by atoms with Crippen LogP contribution in [0.5, 0.6) is 0 Å². The molecule has 0 atom stereocenters. The van der Waals surface area contributed by atoms with Crippen LogP contribution in [0, 0.1) is 6.54 Å². The van der Waals surface area contributed by atoms with Crippen LogP contribution in [0.15, 0.2) is 101 Å². The molecule has 0 aliphatic carbocycles. The van der Waals surface area contributed by atoms with E-state index in [9.17, 15) is 0 Å². The molecular formula is C20H15N3. The predicted octanol–water partition coefficient (Wildman–Crippen LogP) is 4.86. The van der Waals surface area contributed by atoms with E-state index in [0.29, 0.717) is 0 Å². The topological polar surface area (TPSA) is 28.0 Å². The smallest absolute Gasteiger partial charge is 0.164 e. The van der Waals surface area contributed by atoms with Gasteiger partial charge in [-0.25, -0.2) is 5.01 Å². The average Bonchev–Trinajstić information content (AvgIpc) is 3.11. The molecule has 0 fully saturated rings. The summed E-state index contributed by atoms with van der Waals surface area (Å²) in [7, 11) is 0. The van der Waals surface area contributed by atoms with Gasteiger partial charge in [0.05, 0.1) is 5.69 Å². The van der Waals surface area contributed by atoms with E-state index in [0.717, 1.165) is 16.8 Å². The molecule has 1 aliphatic rings. The SMILES string of the molecule is [C]1N(c2ccccc2)N=NC1(c1ccccc1)c1ccccc1. The van der Waals surface area contributed by atoms with Gasteiger partial charge in [0.2, 0.25) is 0 Å². The molecule has 0 saturated heterocycles. The van der Waals surface area contributed by atoms with Crippen molar-refractivity contribution >= 4 is 5.69 Å². The highest BCUT2D eigenvalue weighted by atomic mass is 15.6. The summed E-state index contributed by atoms with van der Waals surface area (Å²) < 4.78 is 0. The molecule has 2 radical (unpaired) electrons. The second-order valence-corrected chi connectivity index (χ2v) is 5.39. The molecule has 1 heterocycles. The molecule has 0 amide bonds. The lowest BCUT2D eigenvalue weighted by Gasteiger charge is -2.25. The summed E-state index contributed by atoms with van der Waals surface area (Å²) in [5, 5.41) is 10.7. The standard InChI is InChI=1S/C20H15N3/c1-4-10-17(11-5-1)20(18-12-6-2-7-13-18)16-23(22-21-20)19-14-8-3-9-15-19/h1-15H. The Morgan fingerprint density at radius 1 is 0.652 bits per heavy atom. The first-order valence-electron chi connectivity index (χ1n) is 7.55. The number of benzene rings is 3. The molecule has 0 aromatic heterocycles. The lowest BCUT2D eigenvalue weighted by Crippen LogP contribution is -2.27. The minimum atomic E-state index is -0.710. The van der Waals surface area contributed by atoms with E-state index in [1.807, 2.05) is 66.7 Å². The third-order valence-corrected chi connectivity index (χ3v) is 3.94. The Hall–Kier alpha value is -2.94. The van der Waals surface area contributed by atoms with Gasteiger partial charge in [-0.05, 0) is 23.3 Å². The number of nitrogens with zero attached hydrogens (tertiary/aromatic N) is 3. The van der Waals surface area contributed by atoms with Gasteiger partial charge in [0, 0.05) is 0 Å². The zero-order valence-electron chi connectivity index (χ0n) is 12.5. The van der Waals surface area contributed by atoms with E-state index in [-0.39, 0.29) is 0 Å². The summed E-state index contributed by atoms with van der Waals surface area (Å²) >= 11 is 0. The van der Waals surface area contributed by atoms with Gasteiger partial charge in [0.1, 0.15) is 0 Å². The Balaban J connectivity index is 1.79. The highest BCUT2D eigenvalue weighted by Crippen LogP contribution is 2.43. The van der Waals surface area contributed by atoms with E-state index >= 15 is 0 Å². The number of hydrogen-bond acceptors (Lipinski definition) is 3. The fourth-order valence-electron chi connectivity index (χ4n) is 2.77. The van der Waals surface area contributed by atoms with Crippen LogP contribution < -0.4 is 5.01 Å². The molecule has 0 N–H and O–H groups in total. The zero-order chi connectivity index (χ0) is 15.5. The largest absolute Gasteiger partial charge is 0.232 e. The number of hydrogen-bond donors (Lipinski definition) is 0. The summed E-state index contributed by atoms with van der Waals surface area (Å²) in [5.74, 6) is 0. The molecule has 1 aliphatic heterocycles. The Labute approximate surface area is 135 Å². The quantitative estimate of drug-likeness (QED) is 0.678. The van der Waals surface area contributed by atoms with Crippen LogP contribution in [0.3, 0.4) is 0 Å². The van der Waals surface area contributed by atoms with E-state index in [1.54, 1.807) is 5.01 Å². The van der Waals surface area contributed by atoms with Crippen LogP contribution in [0.2, 0.25) is 0 Å². The molecule has 0 saturated carbocycles. The summed E-state index contributed by atoms with van der Waals surface area (Å²) in [5.41, 5.74) is 2.34. The molecule has 3 heteroatoms. The van der Waals surface area contributed by atoms with Crippen LogP contribution in [-0.4, -0.2) is 0 Å². The van der Waals surface area contributed by atoms with Crippen molar-refractivity contribution in [3.8, 4) is 0 Å². The maximum atomic E-state index is 4.61. The number of rotatable bonds is 3. The minimum Gasteiger partial charge on any atom is -0.232 e. The van der Waals surface area contributed by atoms with Crippen molar-refractivity contribution in [1.82, 2.24) is 0 Å². The summed E-state index contributed by atoms with van der Waals surface area (Å²) in [6, 6.07) is 30.3. The predicted molar refractivity (Wildman–Crippen MR) is 90.7 cm³/mol. The molecule has 3 aromatic rings. The molecule has 23 heavy (non-hydrogen) atoms. The first-order chi connectivity index (χ1) is 11.4. The molecule has 110 valence electrons. The van der Waals surface area contributed by atoms with Gasteiger partial charge in [-0.15, -0.1) is 0 Å². The Morgan fingerprint density at radius 3 is 1.65 bits per heavy atom. The number of para-hydroxylation sites is 1. The molecular weight excluding hydrogens is 282 g/mol. The van der Waals surface area contributed by atoms with Gasteiger partial charge >= 0.3 is 0 Å². The summed E-state index contributed by atoms with van der Waals surface area (Å²) in [6.45, 7) is 3.45. The zero-order valence-corrected chi connectivity index (χ0v) is 12.5. The molecule has 3 aromatic carbocycles. The van der Waals surface area contributed by atoms with Gasteiger partial charge in [0.15, 0.2) is 12.1 Å². The van der Waals surface area contributed by atoms with Crippen molar-refractivity contribution in [2.24, 2.45) is 10.3 Å². The average molecular weight is 297 g/mol. The van der Waals surface area contributed by atoms with E-state index in [1.165, 1.54) is 0 Å². The molecule has 3 nitrogen and oxygen atoms in total. The van der Waals surface area contributed by atoms with Gasteiger partial charge in [-0.2, -0.15) is 5.11 Å². The van der Waals surface area contributed by atoms with Crippen LogP contribution >= 0.6 is 0 Å². The van der Waals surface area contributed by atoms with Crippen molar-refractivity contribution in [2.75, 3.05) is 5.01 Å². The van der Waals surface area contributed by atoms with Crippen LogP contribution in [-0.2, 0) is 5.54 Å². The first-order valence-corrected chi connectivity index (χ1v) is 7.55. The summed E-state index contributed by atoms with van der Waals surface area (Å²) in [6.07, 6.45) is 0. The lowest BCUT2D eigenvalue weighted by atomic mass is 9.83. The summed E-state index contributed by atoms with van der Waals surface area (Å²) in [4.78, 5) is 0. The number of anilines is 1. The third-order valence-electron chi connectivity index (χ3n) is 3.94. The van der Waals surface area contributed by atoms with Crippen molar-refractivity contribution in [2.45, 2.75) is 5.54 Å². The van der Waals surface area contributed by atoms with Crippen molar-refractivity contribution in [1.29, 1.82) is 0 Å². The first kappa shape index (κ1) is 13.7. The molecule has 0 bridgehead atoms. The third kappa shape index (κ3) is 2.40. The van der Waals surface area contributed by atoms with Crippen molar-refractivity contribution in [3.05, 3.63) is 109 Å². The normalized spacial score (nSPS) is 15.7. The Bertz CT molecular complexity index is 759. The van der Waals surface area contributed by atoms with Gasteiger partial charge in [0.25, 0.3) is 0 Å². The van der Waals surface area contributed by atoms with E-state index < -0.39 is 5.54 Å². The van der Waals surface area contributed by atoms with Crippen molar-refractivity contribution in [3.63, 3.8) is 0 Å². The monoisotopic (exact) mass is 297 g/mol. The highest BCUT2D eigenvalue weighted by molar-refractivity contribution is 5.53. The van der Waals surface area contributed by atoms with Crippen LogP contribution in [0.1, 0.15) is 11.1 Å². The van der Waals surface area contributed by atoms with Crippen LogP contribution in [0.25, 0.3) is 0 Å². The van der Waals surface area contributed by atoms with E-state index in [4.69, 9.17) is 0 Å². The van der Waals surface area contributed by atoms with Gasteiger partial charge in [-0.3, -0.25) is 0 Å². The Morgan fingerprint density at radius 2 is 1.13 bits per heavy atom. The lowest BCUT2D eigenvalue weighted by molar-refractivity contribution is 0.644. The fourth-order valence-corrected chi connectivity index (χ4v) is 2.77. The van der Waals surface area contributed by atoms with Crippen molar-refractivity contribution < 1.29 is 0 Å². The maximum absolute atomic E-state index is 4.61. The van der Waals surface area contributed by atoms with Gasteiger partial charge in [-0.1, -0.05) is 84.1 Å². The second kappa shape index (κ2) is 5.69. The molecule has 0 unspecified atom stereocenters. The Kier molecular flexibility index (Phi) is 3.39. The van der Waals surface area contributed by atoms with Crippen LogP contribution in [0.4, 0.5) is 5.69 Å². The maximum Gasteiger partial charge on any atom is 0.164 e. The molecule has 0 spiro atoms.